The molecular formula is C28H39N7O3. The molecule has 1 atom stereocenters. The van der Waals surface area contributed by atoms with Crippen LogP contribution in [0.4, 0.5) is 16.6 Å². The van der Waals surface area contributed by atoms with Gasteiger partial charge in [-0.2, -0.15) is 10.2 Å². The molecule has 0 radical (unpaired) electrons. The van der Waals surface area contributed by atoms with E-state index in [0.717, 1.165) is 31.3 Å². The Bertz CT molecular complexity index is 1240. The number of carbonyl (C=O) groups excluding carboxylic acids is 2. The number of rotatable bonds is 7. The van der Waals surface area contributed by atoms with Crippen molar-refractivity contribution in [2.24, 2.45) is 11.3 Å². The zero-order chi connectivity index (χ0) is 27.7. The fourth-order valence-corrected chi connectivity index (χ4v) is 5.30. The minimum absolute atomic E-state index is 0.00327. The summed E-state index contributed by atoms with van der Waals surface area (Å²) in [6.07, 6.45) is 1.80. The van der Waals surface area contributed by atoms with Gasteiger partial charge in [-0.15, -0.1) is 0 Å². The minimum atomic E-state index is -0.516. The van der Waals surface area contributed by atoms with Crippen LogP contribution >= 0.6 is 0 Å². The number of likely N-dealkylation sites (tertiary alicyclic amines) is 1. The summed E-state index contributed by atoms with van der Waals surface area (Å²) in [6, 6.07) is 7.50. The number of aromatic nitrogens is 2. The van der Waals surface area contributed by atoms with Gasteiger partial charge in [0, 0.05) is 56.5 Å². The third kappa shape index (κ3) is 6.26. The summed E-state index contributed by atoms with van der Waals surface area (Å²) in [5, 5.41) is 16.5. The van der Waals surface area contributed by atoms with Crippen molar-refractivity contribution in [2.75, 3.05) is 43.4 Å². The lowest BCUT2D eigenvalue weighted by atomic mass is 9.79. The predicted molar refractivity (Wildman–Crippen MR) is 147 cm³/mol. The number of hydrogen-bond donors (Lipinski definition) is 2. The van der Waals surface area contributed by atoms with Crippen LogP contribution in [0, 0.1) is 22.7 Å². The average Bonchev–Trinajstić information content (AvgIpc) is 3.27. The lowest BCUT2D eigenvalue weighted by Crippen LogP contribution is -2.60. The van der Waals surface area contributed by atoms with E-state index in [-0.39, 0.29) is 23.5 Å². The van der Waals surface area contributed by atoms with Crippen molar-refractivity contribution in [3.63, 3.8) is 0 Å². The third-order valence-corrected chi connectivity index (χ3v) is 7.05. The molecule has 1 aromatic heterocycles. The van der Waals surface area contributed by atoms with Crippen molar-refractivity contribution in [2.45, 2.75) is 65.5 Å². The van der Waals surface area contributed by atoms with Crippen LogP contribution in [0.25, 0.3) is 10.9 Å². The van der Waals surface area contributed by atoms with E-state index in [2.05, 4.69) is 35.5 Å². The first-order valence-corrected chi connectivity index (χ1v) is 13.3. The van der Waals surface area contributed by atoms with Gasteiger partial charge in [0.1, 0.15) is 11.4 Å². The van der Waals surface area contributed by atoms with Gasteiger partial charge in [0.15, 0.2) is 0 Å². The summed E-state index contributed by atoms with van der Waals surface area (Å²) in [7, 11) is 1.64. The van der Waals surface area contributed by atoms with Crippen LogP contribution < -0.4 is 15.5 Å². The zero-order valence-electron chi connectivity index (χ0n) is 23.3. The number of fused-ring (bicyclic) bond motifs is 1. The van der Waals surface area contributed by atoms with Crippen molar-refractivity contribution in [1.82, 2.24) is 20.2 Å². The van der Waals surface area contributed by atoms with Gasteiger partial charge in [-0.05, 0) is 57.7 Å². The molecule has 1 spiro atoms. The fraction of sp³-hybridized carbons (Fsp3) is 0.607. The molecule has 2 saturated heterocycles. The van der Waals surface area contributed by atoms with E-state index in [1.807, 2.05) is 26.8 Å². The number of hydrogen-bond acceptors (Lipinski definition) is 8. The Morgan fingerprint density at radius 2 is 1.95 bits per heavy atom. The van der Waals surface area contributed by atoms with Gasteiger partial charge < -0.3 is 25.2 Å². The second-order valence-corrected chi connectivity index (χ2v) is 12.1. The SMILES string of the molecule is CNC(=O)C[C@H](CC(C)C)Nc1nc(N2CCC3(CN(C(=O)OC(C)(C)C)C3)C2)nc2cc(C#N)ccc12. The molecule has 2 amide bonds. The van der Waals surface area contributed by atoms with Gasteiger partial charge in [-0.3, -0.25) is 4.79 Å². The Kier molecular flexibility index (Phi) is 7.68. The first-order chi connectivity index (χ1) is 17.9. The monoisotopic (exact) mass is 521 g/mol. The molecule has 2 aliphatic heterocycles. The van der Waals surface area contributed by atoms with Crippen molar-refractivity contribution >= 4 is 34.7 Å². The van der Waals surface area contributed by atoms with E-state index >= 15 is 0 Å². The largest absolute Gasteiger partial charge is 0.444 e. The van der Waals surface area contributed by atoms with Crippen molar-refractivity contribution in [3.8, 4) is 6.07 Å². The van der Waals surface area contributed by atoms with E-state index in [1.54, 1.807) is 24.1 Å². The van der Waals surface area contributed by atoms with Crippen LogP contribution in [0.15, 0.2) is 18.2 Å². The number of nitrogens with one attached hydrogen (secondary N) is 2. The number of ether oxygens (including phenoxy) is 1. The molecule has 10 nitrogen and oxygen atoms in total. The van der Waals surface area contributed by atoms with Gasteiger partial charge in [0.2, 0.25) is 11.9 Å². The molecule has 0 aliphatic carbocycles. The average molecular weight is 522 g/mol. The van der Waals surface area contributed by atoms with Crippen molar-refractivity contribution in [3.05, 3.63) is 23.8 Å². The molecule has 2 N–H and O–H groups in total. The highest BCUT2D eigenvalue weighted by molar-refractivity contribution is 5.91. The molecule has 0 saturated carbocycles. The highest BCUT2D eigenvalue weighted by atomic mass is 16.6. The molecular weight excluding hydrogens is 482 g/mol. The first kappa shape index (κ1) is 27.4. The molecule has 2 aromatic rings. The molecule has 10 heteroatoms. The summed E-state index contributed by atoms with van der Waals surface area (Å²) in [6.45, 7) is 12.7. The molecule has 2 fully saturated rings. The maximum atomic E-state index is 12.5. The van der Waals surface area contributed by atoms with E-state index in [1.165, 1.54) is 0 Å². The molecule has 2 aliphatic rings. The molecule has 0 bridgehead atoms. The highest BCUT2D eigenvalue weighted by Crippen LogP contribution is 2.41. The second kappa shape index (κ2) is 10.6. The number of amides is 2. The molecule has 204 valence electrons. The smallest absolute Gasteiger partial charge is 0.410 e. The number of anilines is 2. The van der Waals surface area contributed by atoms with Gasteiger partial charge in [-0.1, -0.05) is 13.8 Å². The maximum Gasteiger partial charge on any atom is 0.410 e. The summed E-state index contributed by atoms with van der Waals surface area (Å²) < 4.78 is 5.53. The lowest BCUT2D eigenvalue weighted by Gasteiger charge is -2.47. The van der Waals surface area contributed by atoms with Gasteiger partial charge in [-0.25, -0.2) is 9.78 Å². The maximum absolute atomic E-state index is 12.5. The zero-order valence-corrected chi connectivity index (χ0v) is 23.3. The van der Waals surface area contributed by atoms with Gasteiger partial charge in [0.05, 0.1) is 17.1 Å². The first-order valence-electron chi connectivity index (χ1n) is 13.3. The summed E-state index contributed by atoms with van der Waals surface area (Å²) in [4.78, 5) is 38.4. The third-order valence-electron chi connectivity index (χ3n) is 7.05. The van der Waals surface area contributed by atoms with E-state index in [4.69, 9.17) is 14.7 Å². The van der Waals surface area contributed by atoms with E-state index < -0.39 is 5.60 Å². The highest BCUT2D eigenvalue weighted by Gasteiger charge is 2.50. The van der Waals surface area contributed by atoms with Crippen LogP contribution in [0.5, 0.6) is 0 Å². The Balaban J connectivity index is 1.58. The van der Waals surface area contributed by atoms with E-state index in [9.17, 15) is 14.9 Å². The van der Waals surface area contributed by atoms with E-state index in [0.29, 0.717) is 48.3 Å². The van der Waals surface area contributed by atoms with Gasteiger partial charge in [0.25, 0.3) is 0 Å². The Morgan fingerprint density at radius 1 is 1.21 bits per heavy atom. The predicted octanol–water partition coefficient (Wildman–Crippen LogP) is 3.91. The summed E-state index contributed by atoms with van der Waals surface area (Å²) in [5.41, 5.74) is 0.695. The Morgan fingerprint density at radius 3 is 2.58 bits per heavy atom. The van der Waals surface area contributed by atoms with Crippen LogP contribution in [-0.2, 0) is 9.53 Å². The number of carbonyl (C=O) groups is 2. The minimum Gasteiger partial charge on any atom is -0.444 e. The second-order valence-electron chi connectivity index (χ2n) is 12.1. The Labute approximate surface area is 224 Å². The fourth-order valence-electron chi connectivity index (χ4n) is 5.30. The molecule has 4 rings (SSSR count). The lowest BCUT2D eigenvalue weighted by molar-refractivity contribution is -0.120. The van der Waals surface area contributed by atoms with Crippen LogP contribution in [0.2, 0.25) is 0 Å². The normalized spacial score (nSPS) is 17.3. The van der Waals surface area contributed by atoms with Crippen molar-refractivity contribution < 1.29 is 14.3 Å². The standard InChI is InChI=1S/C28H39N7O3/c1-18(2)11-20(13-23(36)30-6)31-24-21-8-7-19(14-29)12-22(21)32-25(33-24)34-10-9-28(15-34)16-35(17-28)26(37)38-27(3,4)5/h7-8,12,18,20H,9-11,13,15-17H2,1-6H3,(H,30,36)(H,31,32,33)/t20-/m0/s1. The quantitative estimate of drug-likeness (QED) is 0.562. The van der Waals surface area contributed by atoms with Crippen LogP contribution in [0.1, 0.15) is 59.4 Å². The van der Waals surface area contributed by atoms with Crippen LogP contribution in [-0.4, -0.2) is 71.7 Å². The number of benzene rings is 1. The Hall–Kier alpha value is -3.61. The van der Waals surface area contributed by atoms with Gasteiger partial charge >= 0.3 is 6.09 Å². The number of nitrogens with zero attached hydrogens (tertiary/aromatic N) is 5. The molecule has 1 aromatic carbocycles. The summed E-state index contributed by atoms with van der Waals surface area (Å²) in [5.74, 6) is 1.61. The molecule has 3 heterocycles. The molecule has 38 heavy (non-hydrogen) atoms. The van der Waals surface area contributed by atoms with Crippen molar-refractivity contribution in [1.29, 1.82) is 5.26 Å². The van der Waals surface area contributed by atoms with Crippen LogP contribution in [0.3, 0.4) is 0 Å². The summed E-state index contributed by atoms with van der Waals surface area (Å²) >= 11 is 0. The topological polar surface area (TPSA) is 123 Å². The number of nitriles is 1. The molecule has 0 unspecified atom stereocenters.